The minimum atomic E-state index is -5.85. The average molecular weight is 2160 g/mol. The molecule has 0 saturated carbocycles. The number of hydrogen-bond acceptors (Lipinski definition) is 32. The molecule has 0 radical (unpaired) electrons. The number of hydrogen-bond donors (Lipinski definition) is 9. The van der Waals surface area contributed by atoms with Crippen molar-refractivity contribution in [3.8, 4) is 5.88 Å². The molecule has 7 amide bonds. The van der Waals surface area contributed by atoms with E-state index in [1.165, 1.54) is 99.3 Å². The Morgan fingerprint density at radius 3 is 1.04 bits per heavy atom. The van der Waals surface area contributed by atoms with Crippen LogP contribution < -0.4 is 76.5 Å². The number of alkyl halides is 3. The summed E-state index contributed by atoms with van der Waals surface area (Å²) in [7, 11) is 0.223. The number of nitrogens with zero attached hydrogens (tertiary/aromatic N) is 13. The van der Waals surface area contributed by atoms with Crippen molar-refractivity contribution in [3.63, 3.8) is 0 Å². The van der Waals surface area contributed by atoms with E-state index in [0.717, 1.165) is 68.8 Å². The van der Waals surface area contributed by atoms with Crippen LogP contribution in [-0.4, -0.2) is 339 Å². The molecule has 9 N–H and O–H groups in total. The normalized spacial score (nSPS) is 16.8. The van der Waals surface area contributed by atoms with Crippen LogP contribution in [0.15, 0.2) is 19.2 Å². The van der Waals surface area contributed by atoms with Gasteiger partial charge in [-0.2, -0.15) is 47.1 Å². The van der Waals surface area contributed by atoms with Crippen molar-refractivity contribution in [1.82, 2.24) is 107 Å². The Kier molecular flexibility index (Phi) is 62.5. The molecule has 6 aromatic heterocycles. The van der Waals surface area contributed by atoms with Crippen LogP contribution in [0.5, 0.6) is 5.88 Å². The van der Waals surface area contributed by atoms with Crippen LogP contribution >= 0.6 is 20.7 Å². The first kappa shape index (κ1) is 140. The maximum absolute atomic E-state index is 12.5. The number of carboxylic acid groups (broad SMARTS) is 1. The number of aromatic amines is 6. The van der Waals surface area contributed by atoms with E-state index in [2.05, 4.69) is 106 Å². The molecule has 12 rings (SSSR count). The fraction of sp³-hybridized carbons (Fsp3) is 0.644. The number of H-pyrrole nitrogens is 6. The number of rotatable bonds is 11. The van der Waals surface area contributed by atoms with Gasteiger partial charge in [-0.3, -0.25) is 54.7 Å². The Labute approximate surface area is 925 Å². The topological polar surface area (TPSA) is 582 Å². The zero-order chi connectivity index (χ0) is 106. The van der Waals surface area contributed by atoms with Crippen LogP contribution in [0, 0.1) is 0 Å². The van der Waals surface area contributed by atoms with Crippen molar-refractivity contribution in [2.24, 2.45) is 0 Å². The van der Waals surface area contributed by atoms with Gasteiger partial charge in [-0.1, -0.05) is 41.4 Å². The number of hydroxylamine groups is 5. The molecule has 0 bridgehead atoms. The number of allylic oxidation sites excluding steroid dienone is 1. The second-order valence-corrected chi connectivity index (χ2v) is 38.3. The van der Waals surface area contributed by atoms with Crippen molar-refractivity contribution in [1.29, 1.82) is 0 Å². The summed E-state index contributed by atoms with van der Waals surface area (Å²) in [5, 5.41) is 63.7. The van der Waals surface area contributed by atoms with Gasteiger partial charge in [0.2, 0.25) is 0 Å². The number of nitrogens with one attached hydrogen (secondary N) is 8. The fourth-order valence-corrected chi connectivity index (χ4v) is 13.5. The van der Waals surface area contributed by atoms with Crippen LogP contribution in [0.4, 0.5) is 37.1 Å². The molecule has 6 aromatic rings. The zero-order valence-electron chi connectivity index (χ0n) is 86.6. The fourth-order valence-electron chi connectivity index (χ4n) is 13.1. The number of aromatic nitrogens is 12. The van der Waals surface area contributed by atoms with Crippen LogP contribution in [0.25, 0.3) is 6.08 Å². The van der Waals surface area contributed by atoms with Gasteiger partial charge in [0.05, 0.1) is 65.3 Å². The number of halogens is 4. The van der Waals surface area contributed by atoms with Crippen LogP contribution in [-0.2, 0) is 135 Å². The Balaban J connectivity index is -0.00000158. The van der Waals surface area contributed by atoms with Crippen LogP contribution in [0.3, 0.4) is 0 Å². The number of carbonyl (C=O) groups is 9. The summed E-state index contributed by atoms with van der Waals surface area (Å²) in [5.41, 5.74) is 5.02. The van der Waals surface area contributed by atoms with Crippen molar-refractivity contribution in [3.05, 3.63) is 115 Å². The van der Waals surface area contributed by atoms with Gasteiger partial charge in [-0.05, 0) is 163 Å². The number of aldehydes is 1. The molecule has 0 aliphatic carbocycles. The van der Waals surface area contributed by atoms with Gasteiger partial charge < -0.3 is 77.8 Å². The van der Waals surface area contributed by atoms with Crippen molar-refractivity contribution >= 4 is 155 Å². The van der Waals surface area contributed by atoms with E-state index in [-0.39, 0.29) is 176 Å². The number of carboxylic acids is 1. The van der Waals surface area contributed by atoms with E-state index >= 15 is 0 Å². The molecule has 0 saturated heterocycles. The SMILES string of the molecule is C.C.C=CC.C=Cc1n[nH]c2c1CN(C(=O)OC(C)(C)C)C(C)C2.CC.CC1Cc2[nH]nc(C(=O)O)c2CN1C(=O)OC(C)(C)C.CC1Cc2[nH]nc(C=O)c2CN1C(=O)OC(C)(C)C.CC1Cc2[nH]nc(OS(=O)(=O)C(F)(F)F)c2CN1C(=O)OC(C)(C)C.CNOC.CON(C)C(=O)c1n[nH]c2c1CN(C(=O)OC(C)(C)C)C(C)C2.CON(C)C(=O)c1n[nH]c2c1CNC(C)C2.Cl.O=[P+]([O-])O[O-].[K+].[K][K]. The molecule has 0 fully saturated rings. The Morgan fingerprint density at radius 1 is 0.507 bits per heavy atom. The number of amides is 7. The summed E-state index contributed by atoms with van der Waals surface area (Å²) in [6.45, 7) is 53.5. The van der Waals surface area contributed by atoms with Gasteiger partial charge in [0.25, 0.3) is 17.7 Å². The van der Waals surface area contributed by atoms with E-state index in [4.69, 9.17) is 53.2 Å². The molecular formula is C87H145ClF3K3N21O25PS. The van der Waals surface area contributed by atoms with Gasteiger partial charge in [0.15, 0.2) is 23.4 Å². The summed E-state index contributed by atoms with van der Waals surface area (Å²) in [6, 6.07) is 0.0917. The second-order valence-electron chi connectivity index (χ2n) is 36.2. The molecule has 46 nitrogen and oxygen atoms in total. The molecule has 0 spiro atoms. The standard InChI is InChI=1S/C15H24N4O4.C14H21N3O2.C13H18F3N3O5S.C13H19N3O4.C13H19N3O3.C10H16N4O2.C3H6.C2H7NO.C2H6.2CH4.ClH.3K.HO4P/c1-9-7-11-10(8-19(9)14(21)23-15(2,3)4)12(17-16-11)13(20)18(5)22-6;1-6-11-10-8-17(13(18)19-14(3,4)5)9(2)7-12(10)16-15-11;1-7-5-9-8(6-19(7)11(20)23-12(2,3)4)10(18-17-9)24-25(21,22)13(14,15)16;1-7-5-9-8(10(11(17)18)15-14-9)6-16(7)12(19)20-13(2,3)4;1-8-5-10-9(11(7-17)15-14-10)6-16(8)12(18)19-13(2,3)4;1-6-4-8-7(5-11-6)9(13-12-8)10(15)14(2)16-3;1-3-2;1-3-4-2;1-2;;;;;;;1-4-5(2)3/h9H,7-8H2,1-6H3,(H,16,17);6,9H,1,7-8H2,2-5H3,(H,15,16);7H,5-6H2,1-4H3,(H,17,18);7H,5-6H2,1-4H3,(H,14,15)(H,17,18);7-8H,5-6H2,1-4H3,(H,14,15);6,11H,4-5H2,1-3H3,(H,12,13);3H,1H2,2H3;3H,1-2H3;1-2H3;2*1H4;1H;;;;1H/q;;;;;;;;;;;;;;+1;/p-1. The van der Waals surface area contributed by atoms with Crippen LogP contribution in [0.1, 0.15) is 296 Å². The van der Waals surface area contributed by atoms with Gasteiger partial charge in [-0.25, -0.2) is 49.0 Å². The Morgan fingerprint density at radius 2 is 0.761 bits per heavy atom. The minimum absolute atomic E-state index is 0. The number of aromatic carboxylic acids is 1. The Hall–Kier alpha value is -6.31. The van der Waals surface area contributed by atoms with Gasteiger partial charge >= 0.3 is 175 Å². The van der Waals surface area contributed by atoms with E-state index in [0.29, 0.717) is 79.4 Å². The number of fused-ring (bicyclic) bond motifs is 6. The summed E-state index contributed by atoms with van der Waals surface area (Å²) in [5.74, 6) is -2.41. The molecule has 0 aromatic carbocycles. The Bertz CT molecular complexity index is 5050. The summed E-state index contributed by atoms with van der Waals surface area (Å²) < 4.78 is 102. The predicted octanol–water partition coefficient (Wildman–Crippen LogP) is 8.77. The number of ether oxygens (including phenoxy) is 5. The molecule has 12 heterocycles. The van der Waals surface area contributed by atoms with Crippen molar-refractivity contribution in [2.75, 3.05) is 42.5 Å². The van der Waals surface area contributed by atoms with E-state index < -0.39 is 82.0 Å². The third-order valence-corrected chi connectivity index (χ3v) is 20.7. The summed E-state index contributed by atoms with van der Waals surface area (Å²) in [4.78, 5) is 138. The van der Waals surface area contributed by atoms with Gasteiger partial charge in [0.1, 0.15) is 33.7 Å². The molecule has 7 atom stereocenters. The first-order valence-electron chi connectivity index (χ1n) is 44.2. The first-order chi connectivity index (χ1) is 63.9. The molecule has 790 valence electrons. The molecular weight excluding hydrogens is 2010 g/mol. The zero-order valence-corrected chi connectivity index (χ0v) is 98.4. The quantitative estimate of drug-likeness (QED) is 0.00673. The molecule has 6 aliphatic rings. The second kappa shape index (κ2) is 63.5. The van der Waals surface area contributed by atoms with E-state index in [1.807, 2.05) is 111 Å². The molecule has 7 unspecified atom stereocenters. The first-order valence-corrected chi connectivity index (χ1v) is 62.7. The average Bonchev–Trinajstić information content (AvgIpc) is 1.65. The van der Waals surface area contributed by atoms with E-state index in [1.54, 1.807) is 96.5 Å². The monoisotopic (exact) mass is 2160 g/mol. The van der Waals surface area contributed by atoms with Crippen molar-refractivity contribution < 1.29 is 183 Å². The van der Waals surface area contributed by atoms with Crippen LogP contribution in [0.2, 0.25) is 0 Å². The van der Waals surface area contributed by atoms with E-state index in [9.17, 15) is 64.7 Å². The maximum atomic E-state index is 12.5. The summed E-state index contributed by atoms with van der Waals surface area (Å²) >= 11 is 2.50. The third-order valence-electron chi connectivity index (χ3n) is 19.6. The van der Waals surface area contributed by atoms with Crippen molar-refractivity contribution in [2.45, 2.75) is 329 Å². The number of carbonyl (C=O) groups excluding carboxylic acids is 8. The third kappa shape index (κ3) is 44.2. The summed E-state index contributed by atoms with van der Waals surface area (Å²) in [6.07, 6.45) is 5.66. The van der Waals surface area contributed by atoms with Gasteiger partial charge in [0, 0.05) is 164 Å². The molecule has 55 heteroatoms. The molecule has 6 aliphatic heterocycles. The molecule has 142 heavy (non-hydrogen) atoms. The van der Waals surface area contributed by atoms with Gasteiger partial charge in [-0.15, -0.1) is 24.1 Å². The predicted molar refractivity (Wildman–Crippen MR) is 517 cm³/mol.